The number of nitrogens with zero attached hydrogens (tertiary/aromatic N) is 3. The second-order valence-electron chi connectivity index (χ2n) is 6.47. The lowest BCUT2D eigenvalue weighted by molar-refractivity contribution is 0.155. The lowest BCUT2D eigenvalue weighted by Crippen LogP contribution is -2.54. The van der Waals surface area contributed by atoms with Crippen LogP contribution in [0.4, 0.5) is 0 Å². The first kappa shape index (κ1) is 16.9. The molecule has 0 saturated carbocycles. The molecule has 1 aromatic rings. The molecule has 1 unspecified atom stereocenters. The van der Waals surface area contributed by atoms with Gasteiger partial charge in [0.15, 0.2) is 4.90 Å². The molecule has 1 fully saturated rings. The molecule has 9 heteroatoms. The predicted molar refractivity (Wildman–Crippen MR) is 82.1 cm³/mol. The highest BCUT2D eigenvalue weighted by atomic mass is 32.2. The molecule has 2 N–H and O–H groups in total. The molecular weight excluding hydrogens is 308 g/mol. The number of piperidine rings is 1. The van der Waals surface area contributed by atoms with Gasteiger partial charge in [-0.15, -0.1) is 0 Å². The van der Waals surface area contributed by atoms with Gasteiger partial charge in [-0.3, -0.25) is 9.36 Å². The number of hydrogen-bond donors (Lipinski definition) is 1. The highest BCUT2D eigenvalue weighted by Gasteiger charge is 2.40. The Morgan fingerprint density at radius 3 is 2.41 bits per heavy atom. The van der Waals surface area contributed by atoms with Gasteiger partial charge in [-0.1, -0.05) is 13.8 Å². The Morgan fingerprint density at radius 2 is 1.86 bits per heavy atom. The summed E-state index contributed by atoms with van der Waals surface area (Å²) in [7, 11) is -1.29. The molecule has 1 saturated heterocycles. The SMILES string of the molecule is Cn1cc(S(=O)(=O)N2CCC(N)C(C)(C)C2)c(=O)n(C)c1=O. The van der Waals surface area contributed by atoms with E-state index in [2.05, 4.69) is 0 Å². The minimum absolute atomic E-state index is 0.0955. The standard InChI is InChI=1S/C13H22N4O4S/c1-13(2)8-17(6-5-10(13)14)22(20,21)9-7-15(3)12(19)16(4)11(9)18/h7,10H,5-6,8,14H2,1-4H3. The van der Waals surface area contributed by atoms with Gasteiger partial charge in [-0.05, 0) is 11.8 Å². The van der Waals surface area contributed by atoms with Gasteiger partial charge in [-0.2, -0.15) is 4.31 Å². The molecule has 22 heavy (non-hydrogen) atoms. The fourth-order valence-electron chi connectivity index (χ4n) is 2.62. The smallest absolute Gasteiger partial charge is 0.327 e. The van der Waals surface area contributed by atoms with E-state index in [1.807, 2.05) is 13.8 Å². The van der Waals surface area contributed by atoms with Crippen LogP contribution in [0.25, 0.3) is 0 Å². The van der Waals surface area contributed by atoms with Crippen LogP contribution in [0.2, 0.25) is 0 Å². The summed E-state index contributed by atoms with van der Waals surface area (Å²) in [5.41, 5.74) is 4.27. The Morgan fingerprint density at radius 1 is 1.27 bits per heavy atom. The highest BCUT2D eigenvalue weighted by molar-refractivity contribution is 7.89. The second kappa shape index (κ2) is 5.32. The van der Waals surface area contributed by atoms with Crippen LogP contribution >= 0.6 is 0 Å². The first-order valence-corrected chi connectivity index (χ1v) is 8.45. The molecule has 0 radical (unpaired) electrons. The van der Waals surface area contributed by atoms with Gasteiger partial charge in [0.1, 0.15) is 0 Å². The van der Waals surface area contributed by atoms with E-state index in [4.69, 9.17) is 5.73 Å². The van der Waals surface area contributed by atoms with E-state index in [1.165, 1.54) is 18.4 Å². The molecule has 0 amide bonds. The van der Waals surface area contributed by atoms with E-state index < -0.39 is 21.3 Å². The molecule has 0 bridgehead atoms. The number of nitrogens with two attached hydrogens (primary N) is 1. The van der Waals surface area contributed by atoms with Crippen molar-refractivity contribution < 1.29 is 8.42 Å². The normalized spacial score (nSPS) is 22.7. The summed E-state index contributed by atoms with van der Waals surface area (Å²) in [5, 5.41) is 0. The van der Waals surface area contributed by atoms with Crippen LogP contribution in [-0.2, 0) is 24.1 Å². The van der Waals surface area contributed by atoms with E-state index in [0.29, 0.717) is 6.42 Å². The van der Waals surface area contributed by atoms with Gasteiger partial charge >= 0.3 is 5.69 Å². The second-order valence-corrected chi connectivity index (χ2v) is 8.38. The summed E-state index contributed by atoms with van der Waals surface area (Å²) >= 11 is 0. The number of sulfonamides is 1. The van der Waals surface area contributed by atoms with Crippen molar-refractivity contribution in [3.8, 4) is 0 Å². The Balaban J connectivity index is 2.53. The summed E-state index contributed by atoms with van der Waals surface area (Å²) in [4.78, 5) is 23.5. The number of hydrogen-bond acceptors (Lipinski definition) is 5. The summed E-state index contributed by atoms with van der Waals surface area (Å²) in [6.45, 7) is 4.30. The largest absolute Gasteiger partial charge is 0.330 e. The molecule has 1 aliphatic rings. The van der Waals surface area contributed by atoms with Crippen LogP contribution in [0.3, 0.4) is 0 Å². The zero-order valence-electron chi connectivity index (χ0n) is 13.2. The predicted octanol–water partition coefficient (Wildman–Crippen LogP) is -1.17. The van der Waals surface area contributed by atoms with Crippen molar-refractivity contribution in [2.75, 3.05) is 13.1 Å². The number of aromatic nitrogens is 2. The molecule has 8 nitrogen and oxygen atoms in total. The minimum atomic E-state index is -3.96. The highest BCUT2D eigenvalue weighted by Crippen LogP contribution is 2.30. The van der Waals surface area contributed by atoms with Gasteiger partial charge in [0, 0.05) is 39.4 Å². The number of aryl methyl sites for hydroxylation is 1. The Kier molecular flexibility index (Phi) is 4.09. The summed E-state index contributed by atoms with van der Waals surface area (Å²) in [6.07, 6.45) is 1.61. The number of rotatable bonds is 2. The molecule has 2 heterocycles. The first-order chi connectivity index (χ1) is 9.98. The van der Waals surface area contributed by atoms with Crippen LogP contribution in [0.5, 0.6) is 0 Å². The van der Waals surface area contributed by atoms with E-state index in [1.54, 1.807) is 0 Å². The first-order valence-electron chi connectivity index (χ1n) is 7.01. The third-order valence-corrected chi connectivity index (χ3v) is 6.14. The van der Waals surface area contributed by atoms with E-state index >= 15 is 0 Å². The molecule has 0 aliphatic carbocycles. The quantitative estimate of drug-likeness (QED) is 0.735. The van der Waals surface area contributed by atoms with Crippen molar-refractivity contribution in [1.82, 2.24) is 13.4 Å². The van der Waals surface area contributed by atoms with Crippen molar-refractivity contribution in [3.05, 3.63) is 27.0 Å². The molecule has 0 aromatic carbocycles. The zero-order valence-corrected chi connectivity index (χ0v) is 14.1. The zero-order chi connectivity index (χ0) is 16.9. The fraction of sp³-hybridized carbons (Fsp3) is 0.692. The van der Waals surface area contributed by atoms with Crippen molar-refractivity contribution in [2.45, 2.75) is 31.2 Å². The molecule has 1 aliphatic heterocycles. The average molecular weight is 330 g/mol. The van der Waals surface area contributed by atoms with E-state index in [0.717, 1.165) is 15.3 Å². The van der Waals surface area contributed by atoms with Gasteiger partial charge in [0.25, 0.3) is 5.56 Å². The topological polar surface area (TPSA) is 107 Å². The average Bonchev–Trinajstić information content (AvgIpc) is 2.43. The lowest BCUT2D eigenvalue weighted by atomic mass is 9.81. The third kappa shape index (κ3) is 2.64. The summed E-state index contributed by atoms with van der Waals surface area (Å²) in [5.74, 6) is 0. The molecule has 124 valence electrons. The molecular formula is C13H22N4O4S. The summed E-state index contributed by atoms with van der Waals surface area (Å²) in [6, 6.07) is -0.0955. The Hall–Kier alpha value is -1.45. The monoisotopic (exact) mass is 330 g/mol. The van der Waals surface area contributed by atoms with Gasteiger partial charge in [-0.25, -0.2) is 13.2 Å². The van der Waals surface area contributed by atoms with Crippen LogP contribution in [-0.4, -0.2) is 41.0 Å². The van der Waals surface area contributed by atoms with Crippen LogP contribution in [0.15, 0.2) is 20.7 Å². The van der Waals surface area contributed by atoms with Crippen LogP contribution in [0.1, 0.15) is 20.3 Å². The third-order valence-electron chi connectivity index (χ3n) is 4.31. The van der Waals surface area contributed by atoms with E-state index in [9.17, 15) is 18.0 Å². The van der Waals surface area contributed by atoms with Crippen molar-refractivity contribution in [2.24, 2.45) is 25.2 Å². The lowest BCUT2D eigenvalue weighted by Gasteiger charge is -2.41. The maximum absolute atomic E-state index is 12.8. The van der Waals surface area contributed by atoms with Gasteiger partial charge < -0.3 is 10.3 Å². The molecule has 2 rings (SSSR count). The molecule has 0 spiro atoms. The molecule has 1 atom stereocenters. The minimum Gasteiger partial charge on any atom is -0.327 e. The maximum Gasteiger partial charge on any atom is 0.330 e. The Bertz CT molecular complexity index is 806. The molecule has 1 aromatic heterocycles. The van der Waals surface area contributed by atoms with Crippen molar-refractivity contribution in [3.63, 3.8) is 0 Å². The fourth-order valence-corrected chi connectivity index (χ4v) is 4.40. The van der Waals surface area contributed by atoms with Crippen LogP contribution in [0, 0.1) is 5.41 Å². The van der Waals surface area contributed by atoms with Gasteiger partial charge in [0.2, 0.25) is 10.0 Å². The van der Waals surface area contributed by atoms with Crippen molar-refractivity contribution >= 4 is 10.0 Å². The maximum atomic E-state index is 12.8. The van der Waals surface area contributed by atoms with Crippen LogP contribution < -0.4 is 17.0 Å². The summed E-state index contributed by atoms with van der Waals surface area (Å²) < 4.78 is 28.7. The van der Waals surface area contributed by atoms with Crippen molar-refractivity contribution in [1.29, 1.82) is 0 Å². The Labute approximate surface area is 129 Å². The van der Waals surface area contributed by atoms with Gasteiger partial charge in [0.05, 0.1) is 0 Å². The van der Waals surface area contributed by atoms with E-state index in [-0.39, 0.29) is 29.4 Å².